The van der Waals surface area contributed by atoms with Gasteiger partial charge >= 0.3 is 11.9 Å². The smallest absolute Gasteiger partial charge is 0.306 e. The number of carbonyl (C=O) groups excluding carboxylic acids is 2. The number of hydrogen-bond donors (Lipinski definition) is 1. The van der Waals surface area contributed by atoms with E-state index in [2.05, 4.69) is 13.8 Å². The molecule has 0 spiro atoms. The normalized spacial score (nSPS) is 12.0. The van der Waals surface area contributed by atoms with E-state index in [0.717, 1.165) is 38.5 Å². The van der Waals surface area contributed by atoms with Gasteiger partial charge in [-0.15, -0.1) is 0 Å². The minimum atomic E-state index is -0.754. The first-order valence-corrected chi connectivity index (χ1v) is 10.6. The van der Waals surface area contributed by atoms with Crippen molar-refractivity contribution < 1.29 is 24.2 Å². The van der Waals surface area contributed by atoms with Gasteiger partial charge in [0.15, 0.2) is 6.10 Å². The van der Waals surface area contributed by atoms with E-state index in [9.17, 15) is 14.7 Å². The van der Waals surface area contributed by atoms with Crippen LogP contribution in [0, 0.1) is 0 Å². The van der Waals surface area contributed by atoms with Crippen molar-refractivity contribution in [2.45, 2.75) is 110 Å². The highest BCUT2D eigenvalue weighted by atomic mass is 16.6. The Bertz CT molecular complexity index is 343. The third-order valence-electron chi connectivity index (χ3n) is 4.40. The third kappa shape index (κ3) is 16.4. The van der Waals surface area contributed by atoms with Crippen LogP contribution in [0.4, 0.5) is 0 Å². The first-order valence-electron chi connectivity index (χ1n) is 10.6. The molecule has 0 aromatic carbocycles. The summed E-state index contributed by atoms with van der Waals surface area (Å²) in [6, 6.07) is 0. The number of esters is 2. The largest absolute Gasteiger partial charge is 0.462 e. The Hall–Kier alpha value is -1.10. The molecule has 0 saturated heterocycles. The third-order valence-corrected chi connectivity index (χ3v) is 4.40. The fourth-order valence-corrected chi connectivity index (χ4v) is 2.73. The first-order chi connectivity index (χ1) is 12.6. The van der Waals surface area contributed by atoms with Crippen LogP contribution in [0.3, 0.4) is 0 Å². The van der Waals surface area contributed by atoms with Crippen molar-refractivity contribution in [2.24, 2.45) is 0 Å². The Morgan fingerprint density at radius 3 is 1.77 bits per heavy atom. The van der Waals surface area contributed by atoms with E-state index in [1.54, 1.807) is 0 Å². The Balaban J connectivity index is 3.61. The summed E-state index contributed by atoms with van der Waals surface area (Å²) in [4.78, 5) is 23.3. The molecule has 0 saturated carbocycles. The van der Waals surface area contributed by atoms with E-state index < -0.39 is 6.10 Å². The van der Waals surface area contributed by atoms with Gasteiger partial charge in [0.05, 0.1) is 6.61 Å². The SMILES string of the molecule is CCCCCCCCCCCC(=O)OC[C@@H](CO)OC(=O)CCCCC. The summed E-state index contributed by atoms with van der Waals surface area (Å²) in [5.74, 6) is -0.624. The average molecular weight is 373 g/mol. The van der Waals surface area contributed by atoms with Gasteiger partial charge in [-0.2, -0.15) is 0 Å². The zero-order valence-corrected chi connectivity index (χ0v) is 17.0. The molecule has 0 aliphatic heterocycles. The molecule has 5 nitrogen and oxygen atoms in total. The Kier molecular flexibility index (Phi) is 17.9. The van der Waals surface area contributed by atoms with Crippen molar-refractivity contribution in [3.8, 4) is 0 Å². The molecule has 1 N–H and O–H groups in total. The first kappa shape index (κ1) is 24.9. The summed E-state index contributed by atoms with van der Waals surface area (Å²) in [6.07, 6.45) is 13.6. The lowest BCUT2D eigenvalue weighted by Crippen LogP contribution is -2.28. The summed E-state index contributed by atoms with van der Waals surface area (Å²) in [6.45, 7) is 3.89. The second-order valence-corrected chi connectivity index (χ2v) is 7.01. The zero-order valence-electron chi connectivity index (χ0n) is 17.0. The topological polar surface area (TPSA) is 72.8 Å². The van der Waals surface area contributed by atoms with E-state index >= 15 is 0 Å². The molecule has 0 radical (unpaired) electrons. The number of ether oxygens (including phenoxy) is 2. The van der Waals surface area contributed by atoms with Gasteiger partial charge in [-0.1, -0.05) is 78.1 Å². The minimum absolute atomic E-state index is 0.0632. The number of aliphatic hydroxyl groups excluding tert-OH is 1. The molecule has 154 valence electrons. The maximum Gasteiger partial charge on any atom is 0.306 e. The van der Waals surface area contributed by atoms with Crippen LogP contribution in [-0.2, 0) is 19.1 Å². The van der Waals surface area contributed by atoms with E-state index in [4.69, 9.17) is 9.47 Å². The molecule has 0 fully saturated rings. The maximum absolute atomic E-state index is 11.7. The Labute approximate surface area is 159 Å². The monoisotopic (exact) mass is 372 g/mol. The number of unbranched alkanes of at least 4 members (excludes halogenated alkanes) is 10. The standard InChI is InChI=1S/C21H40O5/c1-3-5-7-8-9-10-11-12-14-15-20(23)25-18-19(17-22)26-21(24)16-13-6-4-2/h19,22H,3-18H2,1-2H3/t19-/m1/s1. The van der Waals surface area contributed by atoms with Crippen LogP contribution in [0.15, 0.2) is 0 Å². The Morgan fingerprint density at radius 2 is 1.19 bits per heavy atom. The molecule has 1 atom stereocenters. The fourth-order valence-electron chi connectivity index (χ4n) is 2.73. The summed E-state index contributed by atoms with van der Waals surface area (Å²) >= 11 is 0. The fraction of sp³-hybridized carbons (Fsp3) is 0.905. The van der Waals surface area contributed by atoms with E-state index in [-0.39, 0.29) is 25.2 Å². The summed E-state index contributed by atoms with van der Waals surface area (Å²) in [5.41, 5.74) is 0. The molecule has 0 unspecified atom stereocenters. The second kappa shape index (κ2) is 18.7. The summed E-state index contributed by atoms with van der Waals surface area (Å²) in [5, 5.41) is 9.24. The van der Waals surface area contributed by atoms with E-state index in [1.807, 2.05) is 0 Å². The van der Waals surface area contributed by atoms with Crippen molar-refractivity contribution in [3.05, 3.63) is 0 Å². The molecule has 0 bridgehead atoms. The lowest BCUT2D eigenvalue weighted by atomic mass is 10.1. The predicted molar refractivity (Wildman–Crippen MR) is 104 cm³/mol. The van der Waals surface area contributed by atoms with Crippen LogP contribution in [0.1, 0.15) is 104 Å². The molecule has 0 aromatic heterocycles. The lowest BCUT2D eigenvalue weighted by Gasteiger charge is -2.15. The molecule has 0 rings (SSSR count). The zero-order chi connectivity index (χ0) is 19.5. The van der Waals surface area contributed by atoms with Crippen LogP contribution in [-0.4, -0.2) is 36.4 Å². The van der Waals surface area contributed by atoms with Crippen molar-refractivity contribution in [2.75, 3.05) is 13.2 Å². The van der Waals surface area contributed by atoms with Gasteiger partial charge in [0.25, 0.3) is 0 Å². The second-order valence-electron chi connectivity index (χ2n) is 7.01. The van der Waals surface area contributed by atoms with Gasteiger partial charge in [-0.25, -0.2) is 0 Å². The summed E-state index contributed by atoms with van der Waals surface area (Å²) < 4.78 is 10.2. The van der Waals surface area contributed by atoms with Gasteiger partial charge in [-0.3, -0.25) is 9.59 Å². The highest BCUT2D eigenvalue weighted by Crippen LogP contribution is 2.11. The molecule has 0 aliphatic rings. The highest BCUT2D eigenvalue weighted by molar-refractivity contribution is 5.70. The highest BCUT2D eigenvalue weighted by Gasteiger charge is 2.15. The van der Waals surface area contributed by atoms with Crippen molar-refractivity contribution >= 4 is 11.9 Å². The minimum Gasteiger partial charge on any atom is -0.462 e. The lowest BCUT2D eigenvalue weighted by molar-refractivity contribution is -0.161. The molecule has 0 heterocycles. The number of carbonyl (C=O) groups is 2. The Morgan fingerprint density at radius 1 is 0.731 bits per heavy atom. The quantitative estimate of drug-likeness (QED) is 0.273. The predicted octanol–water partition coefficient (Wildman–Crippen LogP) is 4.93. The van der Waals surface area contributed by atoms with Crippen LogP contribution in [0.25, 0.3) is 0 Å². The molecule has 0 aliphatic carbocycles. The molecular weight excluding hydrogens is 332 g/mol. The summed E-state index contributed by atoms with van der Waals surface area (Å²) in [7, 11) is 0. The molecule has 5 heteroatoms. The van der Waals surface area contributed by atoms with Gasteiger partial charge in [0.2, 0.25) is 0 Å². The van der Waals surface area contributed by atoms with Gasteiger partial charge < -0.3 is 14.6 Å². The number of rotatable bonds is 18. The van der Waals surface area contributed by atoms with Crippen LogP contribution in [0.2, 0.25) is 0 Å². The van der Waals surface area contributed by atoms with Gasteiger partial charge in [-0.05, 0) is 12.8 Å². The average Bonchev–Trinajstić information content (AvgIpc) is 2.64. The van der Waals surface area contributed by atoms with Crippen molar-refractivity contribution in [3.63, 3.8) is 0 Å². The molecular formula is C21H40O5. The van der Waals surface area contributed by atoms with E-state index in [1.165, 1.54) is 38.5 Å². The van der Waals surface area contributed by atoms with Crippen LogP contribution >= 0.6 is 0 Å². The van der Waals surface area contributed by atoms with Gasteiger partial charge in [0, 0.05) is 12.8 Å². The number of aliphatic hydroxyl groups is 1. The molecule has 0 aromatic rings. The molecule has 0 amide bonds. The van der Waals surface area contributed by atoms with E-state index in [0.29, 0.717) is 12.8 Å². The van der Waals surface area contributed by atoms with Crippen LogP contribution < -0.4 is 0 Å². The number of hydrogen-bond acceptors (Lipinski definition) is 5. The molecule has 26 heavy (non-hydrogen) atoms. The van der Waals surface area contributed by atoms with Crippen molar-refractivity contribution in [1.29, 1.82) is 0 Å². The van der Waals surface area contributed by atoms with Crippen molar-refractivity contribution in [1.82, 2.24) is 0 Å². The van der Waals surface area contributed by atoms with Crippen LogP contribution in [0.5, 0.6) is 0 Å². The van der Waals surface area contributed by atoms with Gasteiger partial charge in [0.1, 0.15) is 6.61 Å². The maximum atomic E-state index is 11.7.